The minimum Gasteiger partial charge on any atom is -0.478 e. The lowest BCUT2D eigenvalue weighted by Gasteiger charge is -2.10. The van der Waals surface area contributed by atoms with Gasteiger partial charge < -0.3 is 9.67 Å². The van der Waals surface area contributed by atoms with Crippen LogP contribution in [0.3, 0.4) is 0 Å². The highest BCUT2D eigenvalue weighted by molar-refractivity contribution is 9.10. The number of hydrogen-bond acceptors (Lipinski definition) is 4. The van der Waals surface area contributed by atoms with E-state index in [0.717, 1.165) is 50.4 Å². The number of aromatic carboxylic acids is 1. The average molecular weight is 465 g/mol. The number of aryl methyl sites for hydroxylation is 3. The Morgan fingerprint density at radius 3 is 2.60 bits per heavy atom. The normalized spacial score (nSPS) is 11.2. The summed E-state index contributed by atoms with van der Waals surface area (Å²) in [6, 6.07) is 11.0. The van der Waals surface area contributed by atoms with Crippen molar-refractivity contribution in [1.82, 2.24) is 19.5 Å². The molecule has 0 spiro atoms. The lowest BCUT2D eigenvalue weighted by atomic mass is 10.0. The number of fused-ring (bicyclic) bond motifs is 1. The number of halogens is 1. The molecule has 0 aliphatic heterocycles. The molecule has 6 nitrogen and oxygen atoms in total. The molecule has 0 saturated carbocycles. The van der Waals surface area contributed by atoms with E-state index in [9.17, 15) is 9.90 Å². The monoisotopic (exact) mass is 464 g/mol. The third kappa shape index (κ3) is 3.73. The van der Waals surface area contributed by atoms with E-state index >= 15 is 0 Å². The van der Waals surface area contributed by atoms with E-state index in [1.165, 1.54) is 0 Å². The van der Waals surface area contributed by atoms with Gasteiger partial charge in [0.15, 0.2) is 5.65 Å². The minimum absolute atomic E-state index is 0.247. The van der Waals surface area contributed by atoms with E-state index in [4.69, 9.17) is 9.97 Å². The van der Waals surface area contributed by atoms with Crippen molar-refractivity contribution in [3.63, 3.8) is 0 Å². The number of imidazole rings is 1. The number of pyridine rings is 2. The van der Waals surface area contributed by atoms with Crippen LogP contribution in [0.25, 0.3) is 22.3 Å². The zero-order valence-corrected chi connectivity index (χ0v) is 18.6. The zero-order chi connectivity index (χ0) is 21.4. The fraction of sp³-hybridized carbons (Fsp3) is 0.217. The average Bonchev–Trinajstić information content (AvgIpc) is 3.06. The van der Waals surface area contributed by atoms with E-state index in [2.05, 4.69) is 39.3 Å². The summed E-state index contributed by atoms with van der Waals surface area (Å²) in [6.07, 6.45) is 2.52. The second kappa shape index (κ2) is 7.99. The van der Waals surface area contributed by atoms with Crippen LogP contribution in [-0.4, -0.2) is 30.6 Å². The molecule has 0 unspecified atom stereocenters. The summed E-state index contributed by atoms with van der Waals surface area (Å²) in [7, 11) is 0. The topological polar surface area (TPSA) is 80.9 Å². The van der Waals surface area contributed by atoms with Crippen molar-refractivity contribution in [2.75, 3.05) is 0 Å². The maximum absolute atomic E-state index is 11.6. The predicted molar refractivity (Wildman–Crippen MR) is 120 cm³/mol. The highest BCUT2D eigenvalue weighted by Crippen LogP contribution is 2.27. The number of aromatic nitrogens is 4. The third-order valence-corrected chi connectivity index (χ3v) is 5.58. The van der Waals surface area contributed by atoms with Gasteiger partial charge in [-0.15, -0.1) is 0 Å². The van der Waals surface area contributed by atoms with E-state index in [1.54, 1.807) is 24.4 Å². The van der Waals surface area contributed by atoms with Gasteiger partial charge in [0.2, 0.25) is 0 Å². The second-order valence-corrected chi connectivity index (χ2v) is 8.17. The number of carboxylic acids is 1. The largest absolute Gasteiger partial charge is 0.478 e. The van der Waals surface area contributed by atoms with Crippen LogP contribution >= 0.6 is 15.9 Å². The van der Waals surface area contributed by atoms with Crippen molar-refractivity contribution >= 4 is 33.1 Å². The van der Waals surface area contributed by atoms with Crippen molar-refractivity contribution in [3.05, 3.63) is 75.4 Å². The molecule has 152 valence electrons. The van der Waals surface area contributed by atoms with Gasteiger partial charge in [-0.2, -0.15) is 0 Å². The molecule has 0 fully saturated rings. The van der Waals surface area contributed by atoms with Crippen molar-refractivity contribution in [3.8, 4) is 11.1 Å². The smallest absolute Gasteiger partial charge is 0.336 e. The maximum atomic E-state index is 11.6. The SMILES string of the molecule is CCc1nc2c(C)cc(C)nc2n1Cc1ccc(-c2cc(Br)ccc2C(=O)O)cn1. The van der Waals surface area contributed by atoms with E-state index < -0.39 is 5.97 Å². The standard InChI is InChI=1S/C23H21BrN4O2/c1-4-20-27-21-13(2)9-14(3)26-22(21)28(20)12-17-7-5-15(11-25-17)19-10-16(24)6-8-18(19)23(29)30/h5-11H,4,12H2,1-3H3,(H,29,30). The van der Waals surface area contributed by atoms with E-state index in [0.29, 0.717) is 12.1 Å². The molecule has 0 amide bonds. The zero-order valence-electron chi connectivity index (χ0n) is 17.0. The third-order valence-electron chi connectivity index (χ3n) is 5.09. The molecule has 4 aromatic rings. The molecule has 0 aliphatic carbocycles. The van der Waals surface area contributed by atoms with E-state index in [1.807, 2.05) is 25.1 Å². The van der Waals surface area contributed by atoms with Crippen LogP contribution in [0.2, 0.25) is 0 Å². The summed E-state index contributed by atoms with van der Waals surface area (Å²) in [6.45, 7) is 6.68. The van der Waals surface area contributed by atoms with Gasteiger partial charge >= 0.3 is 5.97 Å². The number of benzene rings is 1. The molecule has 30 heavy (non-hydrogen) atoms. The Bertz CT molecular complexity index is 1260. The quantitative estimate of drug-likeness (QED) is 0.439. The molecule has 3 heterocycles. The van der Waals surface area contributed by atoms with Crippen molar-refractivity contribution in [1.29, 1.82) is 0 Å². The summed E-state index contributed by atoms with van der Waals surface area (Å²) in [5.74, 6) is 0.00749. The Balaban J connectivity index is 1.72. The molecule has 0 bridgehead atoms. The summed E-state index contributed by atoms with van der Waals surface area (Å²) >= 11 is 3.42. The minimum atomic E-state index is -0.962. The molecular weight excluding hydrogens is 444 g/mol. The van der Waals surface area contributed by atoms with Crippen LogP contribution in [0.5, 0.6) is 0 Å². The first-order chi connectivity index (χ1) is 14.4. The number of nitrogens with zero attached hydrogens (tertiary/aromatic N) is 4. The molecule has 4 rings (SSSR count). The highest BCUT2D eigenvalue weighted by Gasteiger charge is 2.15. The fourth-order valence-electron chi connectivity index (χ4n) is 3.67. The Morgan fingerprint density at radius 2 is 1.93 bits per heavy atom. The Kier molecular flexibility index (Phi) is 5.39. The Hall–Kier alpha value is -3.06. The van der Waals surface area contributed by atoms with Crippen LogP contribution in [-0.2, 0) is 13.0 Å². The van der Waals surface area contributed by atoms with Crippen LogP contribution in [0, 0.1) is 13.8 Å². The van der Waals surface area contributed by atoms with Gasteiger partial charge in [-0.25, -0.2) is 14.8 Å². The molecule has 0 atom stereocenters. The molecule has 1 aromatic carbocycles. The van der Waals surface area contributed by atoms with Gasteiger partial charge in [0.05, 0.1) is 17.8 Å². The molecule has 7 heteroatoms. The number of carbonyl (C=O) groups is 1. The van der Waals surface area contributed by atoms with Gasteiger partial charge in [0, 0.05) is 28.3 Å². The highest BCUT2D eigenvalue weighted by atomic mass is 79.9. The van der Waals surface area contributed by atoms with Gasteiger partial charge in [-0.05, 0) is 55.3 Å². The predicted octanol–water partition coefficient (Wildman–Crippen LogP) is 5.18. The lowest BCUT2D eigenvalue weighted by Crippen LogP contribution is -2.07. The summed E-state index contributed by atoms with van der Waals surface area (Å²) < 4.78 is 2.93. The summed E-state index contributed by atoms with van der Waals surface area (Å²) in [5.41, 5.74) is 6.37. The van der Waals surface area contributed by atoms with Crippen molar-refractivity contribution in [2.45, 2.75) is 33.7 Å². The first-order valence-corrected chi connectivity index (χ1v) is 10.5. The van der Waals surface area contributed by atoms with Crippen LogP contribution < -0.4 is 0 Å². The van der Waals surface area contributed by atoms with Gasteiger partial charge in [-0.1, -0.05) is 28.9 Å². The molecule has 0 saturated heterocycles. The molecule has 3 aromatic heterocycles. The second-order valence-electron chi connectivity index (χ2n) is 7.25. The van der Waals surface area contributed by atoms with E-state index in [-0.39, 0.29) is 5.56 Å². The van der Waals surface area contributed by atoms with Gasteiger partial charge in [0.25, 0.3) is 0 Å². The van der Waals surface area contributed by atoms with Gasteiger partial charge in [-0.3, -0.25) is 4.98 Å². The van der Waals surface area contributed by atoms with Crippen molar-refractivity contribution in [2.24, 2.45) is 0 Å². The Morgan fingerprint density at radius 1 is 1.13 bits per heavy atom. The molecule has 1 N–H and O–H groups in total. The summed E-state index contributed by atoms with van der Waals surface area (Å²) in [5, 5.41) is 9.49. The first-order valence-electron chi connectivity index (χ1n) is 9.69. The number of rotatable bonds is 5. The fourth-order valence-corrected chi connectivity index (χ4v) is 4.03. The Labute approximate surface area is 182 Å². The number of carboxylic acid groups (broad SMARTS) is 1. The molecular formula is C23H21BrN4O2. The summed E-state index contributed by atoms with van der Waals surface area (Å²) in [4.78, 5) is 25.7. The number of hydrogen-bond donors (Lipinski definition) is 1. The first kappa shape index (κ1) is 20.2. The molecule has 0 aliphatic rings. The van der Waals surface area contributed by atoms with Crippen molar-refractivity contribution < 1.29 is 9.90 Å². The van der Waals surface area contributed by atoms with Crippen LogP contribution in [0.1, 0.15) is 40.1 Å². The van der Waals surface area contributed by atoms with Crippen LogP contribution in [0.15, 0.2) is 47.1 Å². The molecule has 0 radical (unpaired) electrons. The maximum Gasteiger partial charge on any atom is 0.336 e. The van der Waals surface area contributed by atoms with Crippen LogP contribution in [0.4, 0.5) is 0 Å². The van der Waals surface area contributed by atoms with Gasteiger partial charge in [0.1, 0.15) is 11.3 Å². The lowest BCUT2D eigenvalue weighted by molar-refractivity contribution is 0.0697.